The average molecular weight is 380 g/mol. The fourth-order valence-electron chi connectivity index (χ4n) is 2.06. The molecular weight excluding hydrogens is 366 g/mol. The maximum atomic E-state index is 13.2. The number of anilines is 1. The van der Waals surface area contributed by atoms with Gasteiger partial charge in [-0.1, -0.05) is 0 Å². The summed E-state index contributed by atoms with van der Waals surface area (Å²) in [7, 11) is 1.26. The number of amides is 1. The molecule has 0 bridgehead atoms. The molecule has 0 saturated carbocycles. The van der Waals surface area contributed by atoms with Gasteiger partial charge in [-0.3, -0.25) is 14.9 Å². The lowest BCUT2D eigenvalue weighted by Gasteiger charge is -2.15. The fraction of sp³-hybridized carbons (Fsp3) is 0.176. The van der Waals surface area contributed by atoms with E-state index in [2.05, 4.69) is 5.32 Å². The van der Waals surface area contributed by atoms with E-state index in [1.807, 2.05) is 0 Å². The van der Waals surface area contributed by atoms with Gasteiger partial charge in [-0.05, 0) is 25.1 Å². The van der Waals surface area contributed by atoms with Crippen molar-refractivity contribution in [3.8, 4) is 5.75 Å². The first-order chi connectivity index (χ1) is 12.7. The number of ether oxygens (including phenoxy) is 2. The Balaban J connectivity index is 2.12. The van der Waals surface area contributed by atoms with E-state index >= 15 is 0 Å². The summed E-state index contributed by atoms with van der Waals surface area (Å²) in [5, 5.41) is 13.1. The second-order valence-electron chi connectivity index (χ2n) is 5.31. The third-order valence-electron chi connectivity index (χ3n) is 3.45. The molecule has 0 saturated heterocycles. The van der Waals surface area contributed by atoms with Crippen molar-refractivity contribution in [1.82, 2.24) is 0 Å². The normalized spacial score (nSPS) is 11.4. The highest BCUT2D eigenvalue weighted by atomic mass is 19.2. The number of benzene rings is 2. The van der Waals surface area contributed by atoms with Crippen molar-refractivity contribution in [3.63, 3.8) is 0 Å². The molecule has 0 radical (unpaired) electrons. The molecule has 0 aliphatic heterocycles. The number of esters is 1. The lowest BCUT2D eigenvalue weighted by molar-refractivity contribution is -0.384. The second kappa shape index (κ2) is 8.21. The second-order valence-corrected chi connectivity index (χ2v) is 5.31. The Hall–Kier alpha value is -3.56. The van der Waals surface area contributed by atoms with Crippen LogP contribution in [0.15, 0.2) is 36.4 Å². The average Bonchev–Trinajstić information content (AvgIpc) is 2.63. The summed E-state index contributed by atoms with van der Waals surface area (Å²) in [4.78, 5) is 34.5. The van der Waals surface area contributed by atoms with Crippen molar-refractivity contribution in [3.05, 3.63) is 63.7 Å². The topological polar surface area (TPSA) is 108 Å². The Kier molecular flexibility index (Phi) is 6.01. The van der Waals surface area contributed by atoms with E-state index in [4.69, 9.17) is 9.47 Å². The molecule has 0 aliphatic carbocycles. The first-order valence-corrected chi connectivity index (χ1v) is 7.52. The predicted molar refractivity (Wildman–Crippen MR) is 89.5 cm³/mol. The lowest BCUT2D eigenvalue weighted by atomic mass is 10.1. The number of methoxy groups -OCH3 is 1. The quantitative estimate of drug-likeness (QED) is 0.469. The zero-order valence-electron chi connectivity index (χ0n) is 14.2. The molecule has 0 unspecified atom stereocenters. The molecule has 0 aromatic heterocycles. The molecular formula is C17H14F2N2O6. The number of carbonyl (C=O) groups is 2. The minimum atomic E-state index is -1.32. The van der Waals surface area contributed by atoms with Crippen molar-refractivity contribution in [2.24, 2.45) is 0 Å². The van der Waals surface area contributed by atoms with Gasteiger partial charge < -0.3 is 14.8 Å². The minimum Gasteiger partial charge on any atom is -0.496 e. The van der Waals surface area contributed by atoms with Crippen molar-refractivity contribution in [2.45, 2.75) is 13.0 Å². The van der Waals surface area contributed by atoms with Gasteiger partial charge in [-0.15, -0.1) is 0 Å². The molecule has 2 aromatic carbocycles. The van der Waals surface area contributed by atoms with E-state index in [-0.39, 0.29) is 22.7 Å². The van der Waals surface area contributed by atoms with Crippen LogP contribution in [0, 0.1) is 21.7 Å². The monoisotopic (exact) mass is 380 g/mol. The number of nitro benzene ring substituents is 1. The summed E-state index contributed by atoms with van der Waals surface area (Å²) in [6.45, 7) is 1.25. The fourth-order valence-corrected chi connectivity index (χ4v) is 2.06. The maximum absolute atomic E-state index is 13.2. The lowest BCUT2D eigenvalue weighted by Crippen LogP contribution is -2.30. The van der Waals surface area contributed by atoms with E-state index in [1.165, 1.54) is 20.1 Å². The number of nitrogens with zero attached hydrogens (tertiary/aromatic N) is 1. The first kappa shape index (κ1) is 19.8. The Morgan fingerprint density at radius 1 is 1.15 bits per heavy atom. The maximum Gasteiger partial charge on any atom is 0.342 e. The van der Waals surface area contributed by atoms with Gasteiger partial charge in [0.2, 0.25) is 0 Å². The van der Waals surface area contributed by atoms with Crippen LogP contribution >= 0.6 is 0 Å². The van der Waals surface area contributed by atoms with Crippen LogP contribution in [0.4, 0.5) is 20.2 Å². The van der Waals surface area contributed by atoms with Crippen LogP contribution in [-0.4, -0.2) is 30.0 Å². The molecule has 2 aromatic rings. The summed E-state index contributed by atoms with van der Waals surface area (Å²) in [6, 6.07) is 6.06. The van der Waals surface area contributed by atoms with E-state index < -0.39 is 34.5 Å². The largest absolute Gasteiger partial charge is 0.496 e. The van der Waals surface area contributed by atoms with Crippen LogP contribution in [0.1, 0.15) is 17.3 Å². The molecule has 2 rings (SSSR count). The number of nitro groups is 1. The Labute approximate surface area is 151 Å². The highest BCUT2D eigenvalue weighted by molar-refractivity contribution is 5.98. The Morgan fingerprint density at radius 2 is 1.85 bits per heavy atom. The highest BCUT2D eigenvalue weighted by Gasteiger charge is 2.24. The summed E-state index contributed by atoms with van der Waals surface area (Å²) >= 11 is 0. The van der Waals surface area contributed by atoms with Gasteiger partial charge in [-0.25, -0.2) is 13.6 Å². The van der Waals surface area contributed by atoms with Crippen LogP contribution in [0.2, 0.25) is 0 Å². The molecule has 0 aliphatic rings. The number of nitrogens with one attached hydrogen (secondary N) is 1. The van der Waals surface area contributed by atoms with Gasteiger partial charge in [0.15, 0.2) is 17.7 Å². The summed E-state index contributed by atoms with van der Waals surface area (Å²) in [5.41, 5.74) is -0.629. The summed E-state index contributed by atoms with van der Waals surface area (Å²) in [5.74, 6) is -4.04. The van der Waals surface area contributed by atoms with Gasteiger partial charge >= 0.3 is 5.97 Å². The zero-order chi connectivity index (χ0) is 20.1. The summed E-state index contributed by atoms with van der Waals surface area (Å²) in [6.07, 6.45) is -1.32. The van der Waals surface area contributed by atoms with Crippen molar-refractivity contribution in [2.75, 3.05) is 12.4 Å². The zero-order valence-corrected chi connectivity index (χ0v) is 14.2. The van der Waals surface area contributed by atoms with Crippen molar-refractivity contribution < 1.29 is 32.8 Å². The number of rotatable bonds is 6. The molecule has 1 N–H and O–H groups in total. The third kappa shape index (κ3) is 4.75. The van der Waals surface area contributed by atoms with Crippen molar-refractivity contribution in [1.29, 1.82) is 0 Å². The van der Waals surface area contributed by atoms with Crippen LogP contribution in [0.3, 0.4) is 0 Å². The smallest absolute Gasteiger partial charge is 0.342 e. The van der Waals surface area contributed by atoms with Crippen LogP contribution in [0.25, 0.3) is 0 Å². The molecule has 0 fully saturated rings. The molecule has 1 amide bonds. The van der Waals surface area contributed by atoms with E-state index in [0.717, 1.165) is 30.3 Å². The molecule has 142 valence electrons. The molecule has 0 heterocycles. The van der Waals surface area contributed by atoms with E-state index in [9.17, 15) is 28.5 Å². The highest BCUT2D eigenvalue weighted by Crippen LogP contribution is 2.25. The van der Waals surface area contributed by atoms with Crippen LogP contribution < -0.4 is 10.1 Å². The SMILES string of the molecule is COc1ccc([N+](=O)[O-])cc1C(=O)O[C@@H](C)C(=O)Nc1ccc(F)c(F)c1. The van der Waals surface area contributed by atoms with Gasteiger partial charge in [0, 0.05) is 23.9 Å². The molecule has 10 heteroatoms. The van der Waals surface area contributed by atoms with Gasteiger partial charge in [-0.2, -0.15) is 0 Å². The van der Waals surface area contributed by atoms with Crippen LogP contribution in [0.5, 0.6) is 5.75 Å². The van der Waals surface area contributed by atoms with Gasteiger partial charge in [0.1, 0.15) is 11.3 Å². The first-order valence-electron chi connectivity index (χ1n) is 7.52. The molecule has 8 nitrogen and oxygen atoms in total. The molecule has 0 spiro atoms. The van der Waals surface area contributed by atoms with Crippen LogP contribution in [-0.2, 0) is 9.53 Å². The molecule has 1 atom stereocenters. The predicted octanol–water partition coefficient (Wildman–Crippen LogP) is 3.07. The number of non-ortho nitro benzene ring substituents is 1. The Bertz CT molecular complexity index is 903. The van der Waals surface area contributed by atoms with E-state index in [1.54, 1.807) is 0 Å². The standard InChI is InChI=1S/C17H14F2N2O6/c1-9(16(22)20-10-3-5-13(18)14(19)7-10)27-17(23)12-8-11(21(24)25)4-6-15(12)26-2/h3-9H,1-2H3,(H,20,22)/t9-/m0/s1. The number of carbonyl (C=O) groups excluding carboxylic acids is 2. The molecule has 27 heavy (non-hydrogen) atoms. The van der Waals surface area contributed by atoms with Gasteiger partial charge in [0.05, 0.1) is 12.0 Å². The van der Waals surface area contributed by atoms with E-state index in [0.29, 0.717) is 0 Å². The third-order valence-corrected chi connectivity index (χ3v) is 3.45. The minimum absolute atomic E-state index is 0.0267. The number of hydrogen-bond acceptors (Lipinski definition) is 6. The Morgan fingerprint density at radius 3 is 2.44 bits per heavy atom. The summed E-state index contributed by atoms with van der Waals surface area (Å²) < 4.78 is 36.0. The number of halogens is 2. The van der Waals surface area contributed by atoms with Gasteiger partial charge in [0.25, 0.3) is 11.6 Å². The van der Waals surface area contributed by atoms with Crippen molar-refractivity contribution >= 4 is 23.3 Å². The number of hydrogen-bond donors (Lipinski definition) is 1.